The summed E-state index contributed by atoms with van der Waals surface area (Å²) in [5, 5.41) is 54.0. The highest BCUT2D eigenvalue weighted by Crippen LogP contribution is 2.65. The maximum absolute atomic E-state index is 12.3. The van der Waals surface area contributed by atoms with E-state index >= 15 is 0 Å². The fourth-order valence-electron chi connectivity index (χ4n) is 4.67. The summed E-state index contributed by atoms with van der Waals surface area (Å²) in [6.45, 7) is 11.0. The Balaban J connectivity index is 2.48. The zero-order valence-corrected chi connectivity index (χ0v) is 17.7. The van der Waals surface area contributed by atoms with E-state index in [2.05, 4.69) is 0 Å². The Morgan fingerprint density at radius 2 is 1.38 bits per heavy atom. The van der Waals surface area contributed by atoms with Gasteiger partial charge in [-0.1, -0.05) is 53.7 Å². The lowest BCUT2D eigenvalue weighted by molar-refractivity contribution is -0.291. The largest absolute Gasteiger partial charge is 0.508 e. The van der Waals surface area contributed by atoms with Crippen LogP contribution in [0.2, 0.25) is 0 Å². The van der Waals surface area contributed by atoms with Crippen LogP contribution in [0.3, 0.4) is 0 Å². The van der Waals surface area contributed by atoms with Crippen molar-refractivity contribution in [2.45, 2.75) is 58.8 Å². The number of ether oxygens (including phenoxy) is 1. The van der Waals surface area contributed by atoms with E-state index in [1.807, 2.05) is 20.8 Å². The van der Waals surface area contributed by atoms with Gasteiger partial charge in [-0.15, -0.1) is 0 Å². The van der Waals surface area contributed by atoms with E-state index in [1.54, 1.807) is 32.9 Å². The van der Waals surface area contributed by atoms with Gasteiger partial charge < -0.3 is 30.3 Å². The van der Waals surface area contributed by atoms with Crippen LogP contribution in [0.1, 0.15) is 58.8 Å². The van der Waals surface area contributed by atoms with Crippen LogP contribution in [0.15, 0.2) is 36.4 Å². The molecule has 0 radical (unpaired) electrons. The predicted octanol–water partition coefficient (Wildman–Crippen LogP) is 3.95. The molecule has 0 bridgehead atoms. The number of aromatic hydroxyl groups is 3. The third-order valence-electron chi connectivity index (χ3n) is 6.05. The fourth-order valence-corrected chi connectivity index (χ4v) is 4.67. The Labute approximate surface area is 171 Å². The van der Waals surface area contributed by atoms with Crippen molar-refractivity contribution in [1.29, 1.82) is 0 Å². The summed E-state index contributed by atoms with van der Waals surface area (Å²) in [7, 11) is 0. The van der Waals surface area contributed by atoms with Crippen molar-refractivity contribution in [1.82, 2.24) is 0 Å². The Hall–Kier alpha value is -2.44. The molecule has 3 unspecified atom stereocenters. The molecule has 158 valence electrons. The minimum Gasteiger partial charge on any atom is -0.508 e. The summed E-state index contributed by atoms with van der Waals surface area (Å²) in [6.07, 6.45) is -1.51. The number of benzene rings is 2. The lowest BCUT2D eigenvalue weighted by Gasteiger charge is -2.62. The van der Waals surface area contributed by atoms with Crippen molar-refractivity contribution < 1.29 is 30.3 Å². The zero-order valence-electron chi connectivity index (χ0n) is 17.7. The molecule has 6 nitrogen and oxygen atoms in total. The van der Waals surface area contributed by atoms with Gasteiger partial charge in [0.2, 0.25) is 0 Å². The van der Waals surface area contributed by atoms with Gasteiger partial charge in [-0.3, -0.25) is 0 Å². The summed E-state index contributed by atoms with van der Waals surface area (Å²) in [5.74, 6) is -0.428. The molecule has 1 aliphatic heterocycles. The quantitative estimate of drug-likeness (QED) is 0.494. The van der Waals surface area contributed by atoms with Gasteiger partial charge in [-0.2, -0.15) is 0 Å². The van der Waals surface area contributed by atoms with Crippen LogP contribution in [0.25, 0.3) is 0 Å². The molecule has 2 aromatic rings. The number of phenolic OH excluding ortho intramolecular Hbond substituents is 3. The van der Waals surface area contributed by atoms with E-state index in [4.69, 9.17) is 4.74 Å². The second-order valence-electron chi connectivity index (χ2n) is 9.88. The Bertz CT molecular complexity index is 922. The number of hydrogen-bond acceptors (Lipinski definition) is 6. The molecule has 5 N–H and O–H groups in total. The minimum absolute atomic E-state index is 0.0267. The molecule has 1 aliphatic rings. The lowest BCUT2D eigenvalue weighted by atomic mass is 9.52. The third-order valence-corrected chi connectivity index (χ3v) is 6.05. The maximum Gasteiger partial charge on any atom is 0.171 e. The van der Waals surface area contributed by atoms with Gasteiger partial charge in [0, 0.05) is 17.5 Å². The molecule has 0 saturated carbocycles. The Morgan fingerprint density at radius 1 is 0.828 bits per heavy atom. The average Bonchev–Trinajstić information content (AvgIpc) is 2.56. The minimum atomic E-state index is -1.89. The topological polar surface area (TPSA) is 110 Å². The molecule has 6 heteroatoms. The first-order valence-electron chi connectivity index (χ1n) is 9.61. The fraction of sp³-hybridized carbons (Fsp3) is 0.478. The van der Waals surface area contributed by atoms with E-state index in [9.17, 15) is 25.5 Å². The second-order valence-corrected chi connectivity index (χ2v) is 9.88. The van der Waals surface area contributed by atoms with Gasteiger partial charge in [-0.25, -0.2) is 0 Å². The van der Waals surface area contributed by atoms with Crippen molar-refractivity contribution >= 4 is 0 Å². The summed E-state index contributed by atoms with van der Waals surface area (Å²) in [5.41, 5.74) is -4.47. The molecule has 0 aromatic heterocycles. The normalized spacial score (nSPS) is 27.2. The molecular weight excluding hydrogens is 372 g/mol. The maximum atomic E-state index is 12.3. The van der Waals surface area contributed by atoms with Crippen LogP contribution in [0.5, 0.6) is 23.0 Å². The van der Waals surface area contributed by atoms with Gasteiger partial charge in [0.15, 0.2) is 5.60 Å². The molecule has 29 heavy (non-hydrogen) atoms. The van der Waals surface area contributed by atoms with E-state index in [1.165, 1.54) is 18.2 Å². The number of fused-ring (bicyclic) bond motifs is 1. The van der Waals surface area contributed by atoms with Crippen LogP contribution in [0, 0.1) is 10.8 Å². The van der Waals surface area contributed by atoms with E-state index in [-0.39, 0.29) is 28.6 Å². The first kappa shape index (κ1) is 21.3. The van der Waals surface area contributed by atoms with E-state index in [0.29, 0.717) is 5.56 Å². The summed E-state index contributed by atoms with van der Waals surface area (Å²) >= 11 is 0. The van der Waals surface area contributed by atoms with Crippen molar-refractivity contribution in [2.75, 3.05) is 0 Å². The van der Waals surface area contributed by atoms with Crippen molar-refractivity contribution in [3.8, 4) is 23.0 Å². The first-order valence-corrected chi connectivity index (χ1v) is 9.61. The molecule has 3 rings (SSSR count). The van der Waals surface area contributed by atoms with Gasteiger partial charge >= 0.3 is 0 Å². The van der Waals surface area contributed by atoms with Crippen LogP contribution in [-0.4, -0.2) is 31.1 Å². The molecule has 0 amide bonds. The summed E-state index contributed by atoms with van der Waals surface area (Å²) in [4.78, 5) is 0. The number of aliphatic hydroxyl groups excluding tert-OH is 1. The number of rotatable bonds is 1. The summed E-state index contributed by atoms with van der Waals surface area (Å²) in [6, 6.07) is 8.73. The van der Waals surface area contributed by atoms with E-state index < -0.39 is 28.1 Å². The molecule has 3 atom stereocenters. The highest BCUT2D eigenvalue weighted by Gasteiger charge is 2.71. The number of aliphatic hydroxyl groups is 2. The van der Waals surface area contributed by atoms with Gasteiger partial charge in [-0.05, 0) is 23.1 Å². The third kappa shape index (κ3) is 2.77. The molecule has 0 spiro atoms. The van der Waals surface area contributed by atoms with Crippen molar-refractivity contribution in [2.24, 2.45) is 10.8 Å². The molecule has 0 fully saturated rings. The van der Waals surface area contributed by atoms with Crippen molar-refractivity contribution in [3.63, 3.8) is 0 Å². The summed E-state index contributed by atoms with van der Waals surface area (Å²) < 4.78 is 6.47. The van der Waals surface area contributed by atoms with Gasteiger partial charge in [0.1, 0.15) is 34.7 Å². The SMILES string of the molecule is CC(C)(C)C1(c2ccc(O)cc2)Oc2cc(O)cc(O)c2C(O)C1(O)C(C)(C)C. The second kappa shape index (κ2) is 6.28. The predicted molar refractivity (Wildman–Crippen MR) is 109 cm³/mol. The van der Waals surface area contributed by atoms with Crippen LogP contribution >= 0.6 is 0 Å². The molecular formula is C23H30O6. The zero-order chi connectivity index (χ0) is 22.0. The van der Waals surface area contributed by atoms with Crippen LogP contribution in [-0.2, 0) is 5.60 Å². The highest BCUT2D eigenvalue weighted by molar-refractivity contribution is 5.56. The van der Waals surface area contributed by atoms with E-state index in [0.717, 1.165) is 6.07 Å². The van der Waals surface area contributed by atoms with Gasteiger partial charge in [0.25, 0.3) is 0 Å². The standard InChI is InChI=1S/C23H30O6/c1-20(2,3)22(28)19(27)18-16(26)11-15(25)12-17(18)29-23(22,21(4,5)6)13-7-9-14(24)10-8-13/h7-12,19,24-28H,1-6H3. The molecule has 2 aromatic carbocycles. The van der Waals surface area contributed by atoms with Gasteiger partial charge in [0.05, 0.1) is 5.56 Å². The van der Waals surface area contributed by atoms with Crippen LogP contribution < -0.4 is 4.74 Å². The van der Waals surface area contributed by atoms with Crippen molar-refractivity contribution in [3.05, 3.63) is 47.5 Å². The number of hydrogen-bond donors (Lipinski definition) is 5. The average molecular weight is 402 g/mol. The smallest absolute Gasteiger partial charge is 0.171 e. The molecule has 0 aliphatic carbocycles. The highest BCUT2D eigenvalue weighted by atomic mass is 16.5. The number of phenols is 3. The van der Waals surface area contributed by atoms with Crippen LogP contribution in [0.4, 0.5) is 0 Å². The molecule has 0 saturated heterocycles. The Kier molecular flexibility index (Phi) is 4.60. The first-order chi connectivity index (χ1) is 13.2. The monoisotopic (exact) mass is 402 g/mol. The lowest BCUT2D eigenvalue weighted by Crippen LogP contribution is -2.71. The Morgan fingerprint density at radius 3 is 1.86 bits per heavy atom. The molecule has 1 heterocycles.